The first-order valence-corrected chi connectivity index (χ1v) is 10.7. The standard InChI is InChI=1S/C23H20N2O4S/c1-2-25-17-8-4-3-7-15(17)21-16(23(25)27)11-20(30-21)22(26)24-12-14-13-28-18-9-5-6-10-19(18)29-14/h3-11,14H,2,12-13H2,1H3,(H,24,26)/t14-/m0/s1. The Morgan fingerprint density at radius 1 is 1.13 bits per heavy atom. The second-order valence-corrected chi connectivity index (χ2v) is 8.18. The summed E-state index contributed by atoms with van der Waals surface area (Å²) >= 11 is 1.35. The van der Waals surface area contributed by atoms with Crippen LogP contribution in [0.25, 0.3) is 21.0 Å². The number of para-hydroxylation sites is 3. The number of hydrogen-bond acceptors (Lipinski definition) is 5. The van der Waals surface area contributed by atoms with Crippen LogP contribution < -0.4 is 20.3 Å². The van der Waals surface area contributed by atoms with Crippen molar-refractivity contribution < 1.29 is 14.3 Å². The molecule has 4 aromatic rings. The van der Waals surface area contributed by atoms with Crippen molar-refractivity contribution in [1.82, 2.24) is 9.88 Å². The number of nitrogens with zero attached hydrogens (tertiary/aromatic N) is 1. The van der Waals surface area contributed by atoms with Crippen LogP contribution in [0.3, 0.4) is 0 Å². The van der Waals surface area contributed by atoms with Gasteiger partial charge in [-0.1, -0.05) is 30.3 Å². The van der Waals surface area contributed by atoms with Gasteiger partial charge in [-0.15, -0.1) is 11.3 Å². The highest BCUT2D eigenvalue weighted by Crippen LogP contribution is 2.32. The van der Waals surface area contributed by atoms with Crippen LogP contribution in [0.2, 0.25) is 0 Å². The monoisotopic (exact) mass is 420 g/mol. The van der Waals surface area contributed by atoms with E-state index in [1.807, 2.05) is 55.5 Å². The van der Waals surface area contributed by atoms with Crippen LogP contribution in [0.4, 0.5) is 0 Å². The minimum Gasteiger partial charge on any atom is -0.486 e. The molecule has 1 atom stereocenters. The number of thiophene rings is 1. The van der Waals surface area contributed by atoms with Gasteiger partial charge in [0.15, 0.2) is 11.5 Å². The number of carbonyl (C=O) groups is 1. The zero-order chi connectivity index (χ0) is 20.7. The Balaban J connectivity index is 1.40. The molecular formula is C23H20N2O4S. The van der Waals surface area contributed by atoms with Crippen molar-refractivity contribution >= 4 is 38.2 Å². The molecule has 2 aromatic heterocycles. The molecule has 2 aromatic carbocycles. The highest BCUT2D eigenvalue weighted by atomic mass is 32.1. The lowest BCUT2D eigenvalue weighted by molar-refractivity contribution is 0.0791. The highest BCUT2D eigenvalue weighted by Gasteiger charge is 2.22. The Labute approximate surface area is 176 Å². The molecule has 0 radical (unpaired) electrons. The molecule has 1 aliphatic heterocycles. The van der Waals surface area contributed by atoms with E-state index in [9.17, 15) is 9.59 Å². The third-order valence-electron chi connectivity index (χ3n) is 5.24. The van der Waals surface area contributed by atoms with Crippen molar-refractivity contribution in [3.8, 4) is 11.5 Å². The molecule has 1 aliphatic rings. The molecule has 5 rings (SSSR count). The van der Waals surface area contributed by atoms with Crippen LogP contribution in [-0.2, 0) is 6.54 Å². The van der Waals surface area contributed by atoms with Crippen molar-refractivity contribution in [3.05, 3.63) is 69.8 Å². The van der Waals surface area contributed by atoms with E-state index in [1.165, 1.54) is 11.3 Å². The molecule has 0 fully saturated rings. The van der Waals surface area contributed by atoms with Crippen molar-refractivity contribution in [2.24, 2.45) is 0 Å². The normalized spacial score (nSPS) is 15.4. The summed E-state index contributed by atoms with van der Waals surface area (Å²) in [4.78, 5) is 26.2. The third kappa shape index (κ3) is 3.11. The number of rotatable bonds is 4. The van der Waals surface area contributed by atoms with Gasteiger partial charge in [-0.25, -0.2) is 0 Å². The van der Waals surface area contributed by atoms with Gasteiger partial charge in [0.25, 0.3) is 11.5 Å². The Morgan fingerprint density at radius 2 is 1.90 bits per heavy atom. The Hall–Kier alpha value is -3.32. The van der Waals surface area contributed by atoms with Crippen molar-refractivity contribution in [2.75, 3.05) is 13.2 Å². The summed E-state index contributed by atoms with van der Waals surface area (Å²) in [5, 5.41) is 4.48. The third-order valence-corrected chi connectivity index (χ3v) is 6.41. The van der Waals surface area contributed by atoms with Crippen molar-refractivity contribution in [2.45, 2.75) is 19.6 Å². The highest BCUT2D eigenvalue weighted by molar-refractivity contribution is 7.21. The molecule has 0 bridgehead atoms. The number of amides is 1. The fraction of sp³-hybridized carbons (Fsp3) is 0.217. The topological polar surface area (TPSA) is 69.6 Å². The molecule has 152 valence electrons. The first kappa shape index (κ1) is 18.7. The largest absolute Gasteiger partial charge is 0.486 e. The molecule has 6 nitrogen and oxygen atoms in total. The van der Waals surface area contributed by atoms with E-state index in [-0.39, 0.29) is 17.6 Å². The van der Waals surface area contributed by atoms with E-state index >= 15 is 0 Å². The van der Waals surface area contributed by atoms with Crippen LogP contribution in [0, 0.1) is 0 Å². The van der Waals surface area contributed by atoms with Gasteiger partial charge in [-0.2, -0.15) is 0 Å². The molecular weight excluding hydrogens is 400 g/mol. The molecule has 30 heavy (non-hydrogen) atoms. The quantitative estimate of drug-likeness (QED) is 0.545. The molecule has 0 aliphatic carbocycles. The molecule has 0 unspecified atom stereocenters. The fourth-order valence-electron chi connectivity index (χ4n) is 3.79. The number of nitrogens with one attached hydrogen (secondary N) is 1. The average molecular weight is 420 g/mol. The summed E-state index contributed by atoms with van der Waals surface area (Å²) in [7, 11) is 0. The Kier molecular flexibility index (Phi) is 4.67. The smallest absolute Gasteiger partial charge is 0.261 e. The number of fused-ring (bicyclic) bond motifs is 4. The van der Waals surface area contributed by atoms with Crippen LogP contribution in [0.1, 0.15) is 16.6 Å². The maximum atomic E-state index is 12.9. The van der Waals surface area contributed by atoms with E-state index in [0.29, 0.717) is 41.5 Å². The molecule has 0 saturated carbocycles. The lowest BCUT2D eigenvalue weighted by Gasteiger charge is -2.26. The van der Waals surface area contributed by atoms with Gasteiger partial charge in [-0.3, -0.25) is 9.59 Å². The van der Waals surface area contributed by atoms with E-state index in [4.69, 9.17) is 9.47 Å². The van der Waals surface area contributed by atoms with Gasteiger partial charge in [0, 0.05) is 16.6 Å². The summed E-state index contributed by atoms with van der Waals surface area (Å²) in [6.07, 6.45) is -0.267. The minimum absolute atomic E-state index is 0.0675. The predicted octanol–water partition coefficient (Wildman–Crippen LogP) is 3.81. The SMILES string of the molecule is CCn1c(=O)c2cc(C(=O)NC[C@H]3COc4ccccc4O3)sc2c2ccccc21. The average Bonchev–Trinajstić information content (AvgIpc) is 3.24. The van der Waals surface area contributed by atoms with E-state index in [2.05, 4.69) is 5.32 Å². The summed E-state index contributed by atoms with van der Waals surface area (Å²) < 4.78 is 14.2. The summed E-state index contributed by atoms with van der Waals surface area (Å²) in [6.45, 7) is 3.22. The van der Waals surface area contributed by atoms with Crippen LogP contribution in [0.5, 0.6) is 11.5 Å². The molecule has 7 heteroatoms. The maximum Gasteiger partial charge on any atom is 0.261 e. The minimum atomic E-state index is -0.267. The van der Waals surface area contributed by atoms with Crippen molar-refractivity contribution in [1.29, 1.82) is 0 Å². The van der Waals surface area contributed by atoms with Gasteiger partial charge in [0.1, 0.15) is 12.7 Å². The Morgan fingerprint density at radius 3 is 2.73 bits per heavy atom. The molecule has 0 saturated heterocycles. The van der Waals surface area contributed by atoms with E-state index < -0.39 is 0 Å². The van der Waals surface area contributed by atoms with E-state index in [1.54, 1.807) is 10.6 Å². The number of hydrogen-bond donors (Lipinski definition) is 1. The van der Waals surface area contributed by atoms with Crippen LogP contribution in [0.15, 0.2) is 59.4 Å². The van der Waals surface area contributed by atoms with Crippen molar-refractivity contribution in [3.63, 3.8) is 0 Å². The molecule has 0 spiro atoms. The zero-order valence-electron chi connectivity index (χ0n) is 16.4. The molecule has 1 N–H and O–H groups in total. The number of benzene rings is 2. The lowest BCUT2D eigenvalue weighted by Crippen LogP contribution is -2.40. The molecule has 3 heterocycles. The number of aryl methyl sites for hydroxylation is 1. The summed E-state index contributed by atoms with van der Waals surface area (Å²) in [5.74, 6) is 1.17. The van der Waals surface area contributed by atoms with E-state index in [0.717, 1.165) is 15.6 Å². The Bertz CT molecular complexity index is 1320. The second-order valence-electron chi connectivity index (χ2n) is 7.13. The first-order valence-electron chi connectivity index (χ1n) is 9.87. The number of ether oxygens (including phenoxy) is 2. The lowest BCUT2D eigenvalue weighted by atomic mass is 10.1. The maximum absolute atomic E-state index is 12.9. The summed E-state index contributed by atoms with van der Waals surface area (Å²) in [6, 6.07) is 17.0. The van der Waals surface area contributed by atoms with Crippen LogP contribution >= 0.6 is 11.3 Å². The van der Waals surface area contributed by atoms with Gasteiger partial charge in [-0.05, 0) is 31.2 Å². The zero-order valence-corrected chi connectivity index (χ0v) is 17.2. The second kappa shape index (κ2) is 7.50. The van der Waals surface area contributed by atoms with Gasteiger partial charge in [0.05, 0.1) is 22.3 Å². The summed E-state index contributed by atoms with van der Waals surface area (Å²) in [5.41, 5.74) is 0.819. The predicted molar refractivity (Wildman–Crippen MR) is 118 cm³/mol. The number of carbonyl (C=O) groups excluding carboxylic acids is 1. The van der Waals surface area contributed by atoms with Crippen LogP contribution in [-0.4, -0.2) is 29.7 Å². The van der Waals surface area contributed by atoms with Gasteiger partial charge >= 0.3 is 0 Å². The fourth-order valence-corrected chi connectivity index (χ4v) is 4.89. The van der Waals surface area contributed by atoms with Gasteiger partial charge < -0.3 is 19.4 Å². The first-order chi connectivity index (χ1) is 14.7. The molecule has 1 amide bonds. The number of pyridine rings is 1. The van der Waals surface area contributed by atoms with Gasteiger partial charge in [0.2, 0.25) is 0 Å². The number of aromatic nitrogens is 1.